The lowest BCUT2D eigenvalue weighted by molar-refractivity contribution is -0.135. The summed E-state index contributed by atoms with van der Waals surface area (Å²) in [6, 6.07) is 0. The molecule has 0 bridgehead atoms. The van der Waals surface area contributed by atoms with Crippen molar-refractivity contribution in [2.24, 2.45) is 11.8 Å². The van der Waals surface area contributed by atoms with Crippen LogP contribution >= 0.6 is 0 Å². The Morgan fingerprint density at radius 2 is 2.44 bits per heavy atom. The van der Waals surface area contributed by atoms with Crippen LogP contribution in [0.25, 0.3) is 0 Å². The van der Waals surface area contributed by atoms with Crippen LogP contribution in [0, 0.1) is 11.8 Å². The first-order chi connectivity index (χ1) is 7.68. The molecule has 5 heteroatoms. The van der Waals surface area contributed by atoms with Gasteiger partial charge in [-0.3, -0.25) is 4.79 Å². The fraction of sp³-hybridized carbons (Fsp3) is 0.636. The number of carbonyl (C=O) groups is 1. The predicted molar refractivity (Wildman–Crippen MR) is 60.6 cm³/mol. The van der Waals surface area contributed by atoms with Gasteiger partial charge in [-0.2, -0.15) is 0 Å². The lowest BCUT2D eigenvalue weighted by Gasteiger charge is -2.21. The number of nitrogens with one attached hydrogen (secondary N) is 2. The minimum atomic E-state index is 0.111. The van der Waals surface area contributed by atoms with Gasteiger partial charge < -0.3 is 15.2 Å². The molecule has 1 fully saturated rings. The maximum atomic E-state index is 12.1. The number of H-pyrrole nitrogens is 1. The molecular weight excluding hydrogens is 204 g/mol. The zero-order chi connectivity index (χ0) is 11.5. The number of imidazole rings is 1. The summed E-state index contributed by atoms with van der Waals surface area (Å²) >= 11 is 0. The molecule has 88 valence electrons. The second kappa shape index (κ2) is 4.65. The highest BCUT2D eigenvalue weighted by atomic mass is 16.2. The summed E-state index contributed by atoms with van der Waals surface area (Å²) in [6.45, 7) is 4.39. The molecule has 0 radical (unpaired) electrons. The van der Waals surface area contributed by atoms with E-state index in [-0.39, 0.29) is 11.8 Å². The maximum absolute atomic E-state index is 12.1. The molecule has 2 atom stereocenters. The van der Waals surface area contributed by atoms with Crippen molar-refractivity contribution in [1.29, 1.82) is 0 Å². The second-order valence-electron chi connectivity index (χ2n) is 4.47. The van der Waals surface area contributed by atoms with Crippen molar-refractivity contribution in [2.45, 2.75) is 13.5 Å². The lowest BCUT2D eigenvalue weighted by atomic mass is 9.97. The van der Waals surface area contributed by atoms with Crippen LogP contribution in [0.2, 0.25) is 0 Å². The lowest BCUT2D eigenvalue weighted by Crippen LogP contribution is -2.35. The van der Waals surface area contributed by atoms with Gasteiger partial charge in [0.2, 0.25) is 5.91 Å². The van der Waals surface area contributed by atoms with Gasteiger partial charge in [-0.25, -0.2) is 4.98 Å². The zero-order valence-electron chi connectivity index (χ0n) is 9.73. The fourth-order valence-corrected chi connectivity index (χ4v) is 2.11. The normalized spacial score (nSPS) is 24.6. The third kappa shape index (κ3) is 2.24. The van der Waals surface area contributed by atoms with Gasteiger partial charge in [0.05, 0.1) is 12.5 Å². The summed E-state index contributed by atoms with van der Waals surface area (Å²) < 4.78 is 0. The molecule has 0 saturated carbocycles. The van der Waals surface area contributed by atoms with E-state index in [1.807, 2.05) is 7.05 Å². The van der Waals surface area contributed by atoms with Crippen LogP contribution in [0.3, 0.4) is 0 Å². The minimum absolute atomic E-state index is 0.111. The first kappa shape index (κ1) is 11.1. The van der Waals surface area contributed by atoms with E-state index in [4.69, 9.17) is 0 Å². The van der Waals surface area contributed by atoms with Gasteiger partial charge in [-0.05, 0) is 12.5 Å². The SMILES string of the molecule is CC1CNCC1C(=O)N(C)Cc1ncc[nH]1. The monoisotopic (exact) mass is 222 g/mol. The van der Waals surface area contributed by atoms with Crippen molar-refractivity contribution >= 4 is 5.91 Å². The molecule has 0 aromatic carbocycles. The van der Waals surface area contributed by atoms with Crippen molar-refractivity contribution in [3.8, 4) is 0 Å². The Hall–Kier alpha value is -1.36. The fourth-order valence-electron chi connectivity index (χ4n) is 2.11. The summed E-state index contributed by atoms with van der Waals surface area (Å²) in [5.74, 6) is 1.56. The summed E-state index contributed by atoms with van der Waals surface area (Å²) in [7, 11) is 1.83. The van der Waals surface area contributed by atoms with Crippen LogP contribution in [0.15, 0.2) is 12.4 Å². The van der Waals surface area contributed by atoms with E-state index in [0.29, 0.717) is 12.5 Å². The largest absolute Gasteiger partial charge is 0.347 e. The van der Waals surface area contributed by atoms with Crippen molar-refractivity contribution < 1.29 is 4.79 Å². The van der Waals surface area contributed by atoms with Gasteiger partial charge in [-0.15, -0.1) is 0 Å². The van der Waals surface area contributed by atoms with E-state index in [1.165, 1.54) is 0 Å². The quantitative estimate of drug-likeness (QED) is 0.769. The first-order valence-electron chi connectivity index (χ1n) is 5.62. The molecule has 0 spiro atoms. The second-order valence-corrected chi connectivity index (χ2v) is 4.47. The van der Waals surface area contributed by atoms with Crippen LogP contribution < -0.4 is 5.32 Å². The van der Waals surface area contributed by atoms with Crippen molar-refractivity contribution in [1.82, 2.24) is 20.2 Å². The average Bonchev–Trinajstić information content (AvgIpc) is 2.88. The highest BCUT2D eigenvalue weighted by molar-refractivity contribution is 5.79. The van der Waals surface area contributed by atoms with E-state index in [0.717, 1.165) is 18.9 Å². The van der Waals surface area contributed by atoms with Gasteiger partial charge in [0.25, 0.3) is 0 Å². The van der Waals surface area contributed by atoms with Crippen molar-refractivity contribution in [3.05, 3.63) is 18.2 Å². The highest BCUT2D eigenvalue weighted by Gasteiger charge is 2.31. The van der Waals surface area contributed by atoms with Gasteiger partial charge in [0.1, 0.15) is 5.82 Å². The van der Waals surface area contributed by atoms with Crippen LogP contribution in [0.4, 0.5) is 0 Å². The highest BCUT2D eigenvalue weighted by Crippen LogP contribution is 2.18. The third-order valence-electron chi connectivity index (χ3n) is 3.15. The number of hydrogen-bond donors (Lipinski definition) is 2. The number of aromatic nitrogens is 2. The van der Waals surface area contributed by atoms with E-state index < -0.39 is 0 Å². The molecule has 2 N–H and O–H groups in total. The molecule has 0 aliphatic carbocycles. The van der Waals surface area contributed by atoms with E-state index in [2.05, 4.69) is 22.2 Å². The molecule has 1 aliphatic rings. The van der Waals surface area contributed by atoms with Gasteiger partial charge in [0, 0.05) is 26.0 Å². The number of aromatic amines is 1. The van der Waals surface area contributed by atoms with E-state index >= 15 is 0 Å². The number of rotatable bonds is 3. The number of amides is 1. The molecule has 5 nitrogen and oxygen atoms in total. The summed E-state index contributed by atoms with van der Waals surface area (Å²) in [4.78, 5) is 21.0. The average molecular weight is 222 g/mol. The molecule has 2 rings (SSSR count). The number of carbonyl (C=O) groups excluding carboxylic acids is 1. The van der Waals surface area contributed by atoms with Crippen molar-refractivity contribution in [3.63, 3.8) is 0 Å². The third-order valence-corrected chi connectivity index (χ3v) is 3.15. The van der Waals surface area contributed by atoms with Crippen LogP contribution in [-0.4, -0.2) is 40.9 Å². The zero-order valence-corrected chi connectivity index (χ0v) is 9.73. The minimum Gasteiger partial charge on any atom is -0.347 e. The van der Waals surface area contributed by atoms with Crippen LogP contribution in [-0.2, 0) is 11.3 Å². The molecule has 1 amide bonds. The summed E-state index contributed by atoms with van der Waals surface area (Å²) in [5.41, 5.74) is 0. The summed E-state index contributed by atoms with van der Waals surface area (Å²) in [5, 5.41) is 3.25. The smallest absolute Gasteiger partial charge is 0.227 e. The van der Waals surface area contributed by atoms with Gasteiger partial charge in [-0.1, -0.05) is 6.92 Å². The first-order valence-corrected chi connectivity index (χ1v) is 5.62. The molecule has 2 unspecified atom stereocenters. The maximum Gasteiger partial charge on any atom is 0.227 e. The number of nitrogens with zero attached hydrogens (tertiary/aromatic N) is 2. The molecule has 2 heterocycles. The predicted octanol–water partition coefficient (Wildman–Crippen LogP) is 0.224. The Balaban J connectivity index is 1.94. The standard InChI is InChI=1S/C11H18N4O/c1-8-5-12-6-9(8)11(16)15(2)7-10-13-3-4-14-10/h3-4,8-9,12H,5-7H2,1-2H3,(H,13,14). The molecular formula is C11H18N4O. The Labute approximate surface area is 95.2 Å². The Kier molecular flexibility index (Phi) is 3.24. The Bertz CT molecular complexity index is 349. The Morgan fingerprint density at radius 3 is 3.00 bits per heavy atom. The van der Waals surface area contributed by atoms with Crippen LogP contribution in [0.1, 0.15) is 12.7 Å². The van der Waals surface area contributed by atoms with Gasteiger partial charge in [0.15, 0.2) is 0 Å². The topological polar surface area (TPSA) is 61.0 Å². The van der Waals surface area contributed by atoms with Crippen LogP contribution in [0.5, 0.6) is 0 Å². The molecule has 1 aromatic heterocycles. The molecule has 1 aromatic rings. The summed E-state index contributed by atoms with van der Waals surface area (Å²) in [6.07, 6.45) is 3.47. The Morgan fingerprint density at radius 1 is 1.62 bits per heavy atom. The molecule has 1 aliphatic heterocycles. The van der Waals surface area contributed by atoms with E-state index in [1.54, 1.807) is 17.3 Å². The molecule has 1 saturated heterocycles. The van der Waals surface area contributed by atoms with Crippen molar-refractivity contribution in [2.75, 3.05) is 20.1 Å². The van der Waals surface area contributed by atoms with Gasteiger partial charge >= 0.3 is 0 Å². The molecule has 16 heavy (non-hydrogen) atoms. The van der Waals surface area contributed by atoms with E-state index in [9.17, 15) is 4.79 Å². The number of hydrogen-bond acceptors (Lipinski definition) is 3.